The lowest BCUT2D eigenvalue weighted by Crippen LogP contribution is -2.12. The number of nitrogens with one attached hydrogen (secondary N) is 1. The van der Waals surface area contributed by atoms with Gasteiger partial charge in [-0.25, -0.2) is 0 Å². The average molecular weight is 226 g/mol. The van der Waals surface area contributed by atoms with E-state index in [-0.39, 0.29) is 0 Å². The number of rotatable bonds is 4. The standard InChI is InChI=1S/C15H18N2/c1-3-16-11-14-6-4-5-7-15(14)13-8-9-17-12(2)10-13/h4-10,16H,3,11H2,1-2H3. The van der Waals surface area contributed by atoms with Crippen molar-refractivity contribution in [1.29, 1.82) is 0 Å². The van der Waals surface area contributed by atoms with Gasteiger partial charge in [0.1, 0.15) is 0 Å². The van der Waals surface area contributed by atoms with E-state index < -0.39 is 0 Å². The van der Waals surface area contributed by atoms with Gasteiger partial charge in [-0.2, -0.15) is 0 Å². The Kier molecular flexibility index (Phi) is 3.89. The van der Waals surface area contributed by atoms with Crippen LogP contribution in [0.2, 0.25) is 0 Å². The minimum atomic E-state index is 0.911. The van der Waals surface area contributed by atoms with Crippen LogP contribution in [0.1, 0.15) is 18.2 Å². The highest BCUT2D eigenvalue weighted by Crippen LogP contribution is 2.23. The smallest absolute Gasteiger partial charge is 0.0378 e. The topological polar surface area (TPSA) is 24.9 Å². The summed E-state index contributed by atoms with van der Waals surface area (Å²) in [6, 6.07) is 12.7. The van der Waals surface area contributed by atoms with Gasteiger partial charge in [0.15, 0.2) is 0 Å². The third kappa shape index (κ3) is 2.92. The molecule has 0 aliphatic heterocycles. The van der Waals surface area contributed by atoms with Crippen LogP contribution in [0.5, 0.6) is 0 Å². The Morgan fingerprint density at radius 1 is 1.18 bits per heavy atom. The van der Waals surface area contributed by atoms with Crippen LogP contribution < -0.4 is 5.32 Å². The molecule has 0 spiro atoms. The van der Waals surface area contributed by atoms with Crippen LogP contribution in [0.15, 0.2) is 42.6 Å². The van der Waals surface area contributed by atoms with Gasteiger partial charge in [-0.1, -0.05) is 31.2 Å². The summed E-state index contributed by atoms with van der Waals surface area (Å²) in [5.74, 6) is 0. The van der Waals surface area contributed by atoms with E-state index in [0.29, 0.717) is 0 Å². The summed E-state index contributed by atoms with van der Waals surface area (Å²) in [4.78, 5) is 4.24. The van der Waals surface area contributed by atoms with Crippen LogP contribution >= 0.6 is 0 Å². The molecule has 0 amide bonds. The van der Waals surface area contributed by atoms with Gasteiger partial charge in [-0.15, -0.1) is 0 Å². The lowest BCUT2D eigenvalue weighted by atomic mass is 10.00. The van der Waals surface area contributed by atoms with E-state index in [2.05, 4.69) is 53.6 Å². The molecule has 0 unspecified atom stereocenters. The first-order valence-electron chi connectivity index (χ1n) is 6.03. The van der Waals surface area contributed by atoms with E-state index >= 15 is 0 Å². The van der Waals surface area contributed by atoms with Crippen molar-refractivity contribution in [1.82, 2.24) is 10.3 Å². The van der Waals surface area contributed by atoms with Gasteiger partial charge in [0, 0.05) is 18.4 Å². The molecule has 0 saturated heterocycles. The van der Waals surface area contributed by atoms with Crippen molar-refractivity contribution in [2.75, 3.05) is 6.54 Å². The highest BCUT2D eigenvalue weighted by atomic mass is 14.8. The summed E-state index contributed by atoms with van der Waals surface area (Å²) in [6.45, 7) is 6.05. The van der Waals surface area contributed by atoms with E-state index in [9.17, 15) is 0 Å². The summed E-state index contributed by atoms with van der Waals surface area (Å²) >= 11 is 0. The number of aryl methyl sites for hydroxylation is 1. The molecule has 0 fully saturated rings. The molecule has 0 aliphatic carbocycles. The molecule has 2 rings (SSSR count). The van der Waals surface area contributed by atoms with Gasteiger partial charge in [0.25, 0.3) is 0 Å². The van der Waals surface area contributed by atoms with Crippen LogP contribution in [-0.4, -0.2) is 11.5 Å². The summed E-state index contributed by atoms with van der Waals surface area (Å²) in [5, 5.41) is 3.37. The Morgan fingerprint density at radius 3 is 2.76 bits per heavy atom. The minimum Gasteiger partial charge on any atom is -0.313 e. The van der Waals surface area contributed by atoms with Gasteiger partial charge in [-0.3, -0.25) is 4.98 Å². The van der Waals surface area contributed by atoms with Crippen molar-refractivity contribution < 1.29 is 0 Å². The molecule has 0 aliphatic rings. The molecule has 0 atom stereocenters. The first-order chi connectivity index (χ1) is 8.31. The monoisotopic (exact) mass is 226 g/mol. The van der Waals surface area contributed by atoms with Gasteiger partial charge < -0.3 is 5.32 Å². The molecule has 2 aromatic rings. The second kappa shape index (κ2) is 5.60. The molecule has 0 saturated carbocycles. The Hall–Kier alpha value is -1.67. The van der Waals surface area contributed by atoms with Crippen LogP contribution in [0, 0.1) is 6.92 Å². The zero-order valence-corrected chi connectivity index (χ0v) is 10.4. The number of hydrogen-bond acceptors (Lipinski definition) is 2. The fourth-order valence-corrected chi connectivity index (χ4v) is 1.93. The first-order valence-corrected chi connectivity index (χ1v) is 6.03. The molecule has 88 valence electrons. The van der Waals surface area contributed by atoms with Crippen LogP contribution in [-0.2, 0) is 6.54 Å². The predicted octanol–water partition coefficient (Wildman–Crippen LogP) is 3.17. The summed E-state index contributed by atoms with van der Waals surface area (Å²) in [5.41, 5.74) is 4.92. The Labute approximate surface area is 103 Å². The van der Waals surface area contributed by atoms with Crippen LogP contribution in [0.3, 0.4) is 0 Å². The zero-order valence-electron chi connectivity index (χ0n) is 10.4. The molecular weight excluding hydrogens is 208 g/mol. The minimum absolute atomic E-state index is 0.911. The van der Waals surface area contributed by atoms with Crippen LogP contribution in [0.4, 0.5) is 0 Å². The maximum absolute atomic E-state index is 4.24. The van der Waals surface area contributed by atoms with Crippen molar-refractivity contribution in [3.63, 3.8) is 0 Å². The SMILES string of the molecule is CCNCc1ccccc1-c1ccnc(C)c1. The zero-order chi connectivity index (χ0) is 12.1. The van der Waals surface area contributed by atoms with E-state index in [1.807, 2.05) is 13.1 Å². The van der Waals surface area contributed by atoms with E-state index in [0.717, 1.165) is 18.8 Å². The summed E-state index contributed by atoms with van der Waals surface area (Å²) in [7, 11) is 0. The largest absolute Gasteiger partial charge is 0.313 e. The van der Waals surface area contributed by atoms with Gasteiger partial charge in [0.2, 0.25) is 0 Å². The molecule has 1 aromatic heterocycles. The number of hydrogen-bond donors (Lipinski definition) is 1. The molecule has 0 radical (unpaired) electrons. The summed E-state index contributed by atoms with van der Waals surface area (Å²) < 4.78 is 0. The highest BCUT2D eigenvalue weighted by molar-refractivity contribution is 5.67. The van der Waals surface area contributed by atoms with E-state index in [4.69, 9.17) is 0 Å². The Balaban J connectivity index is 2.37. The van der Waals surface area contributed by atoms with Gasteiger partial charge in [-0.05, 0) is 42.3 Å². The van der Waals surface area contributed by atoms with Crippen molar-refractivity contribution in [2.24, 2.45) is 0 Å². The second-order valence-corrected chi connectivity index (χ2v) is 4.12. The quantitative estimate of drug-likeness (QED) is 0.866. The number of aromatic nitrogens is 1. The normalized spacial score (nSPS) is 10.5. The van der Waals surface area contributed by atoms with Gasteiger partial charge >= 0.3 is 0 Å². The molecule has 0 bridgehead atoms. The molecule has 2 heteroatoms. The number of nitrogens with zero attached hydrogens (tertiary/aromatic N) is 1. The van der Waals surface area contributed by atoms with E-state index in [1.54, 1.807) is 0 Å². The molecule has 1 aromatic carbocycles. The lowest BCUT2D eigenvalue weighted by Gasteiger charge is -2.10. The van der Waals surface area contributed by atoms with Gasteiger partial charge in [0.05, 0.1) is 0 Å². The molecular formula is C15H18N2. The molecule has 1 N–H and O–H groups in total. The molecule has 17 heavy (non-hydrogen) atoms. The first kappa shape index (κ1) is 11.8. The maximum Gasteiger partial charge on any atom is 0.0378 e. The fraction of sp³-hybridized carbons (Fsp3) is 0.267. The highest BCUT2D eigenvalue weighted by Gasteiger charge is 2.04. The van der Waals surface area contributed by atoms with Crippen molar-refractivity contribution in [3.05, 3.63) is 53.9 Å². The summed E-state index contributed by atoms with van der Waals surface area (Å²) in [6.07, 6.45) is 1.87. The van der Waals surface area contributed by atoms with Crippen molar-refractivity contribution in [3.8, 4) is 11.1 Å². The molecule has 1 heterocycles. The Bertz CT molecular complexity index is 492. The predicted molar refractivity (Wildman–Crippen MR) is 71.8 cm³/mol. The second-order valence-electron chi connectivity index (χ2n) is 4.12. The van der Waals surface area contributed by atoms with Crippen molar-refractivity contribution in [2.45, 2.75) is 20.4 Å². The average Bonchev–Trinajstić information content (AvgIpc) is 2.37. The molecule has 2 nitrogen and oxygen atoms in total. The third-order valence-electron chi connectivity index (χ3n) is 2.79. The third-order valence-corrected chi connectivity index (χ3v) is 2.79. The lowest BCUT2D eigenvalue weighted by molar-refractivity contribution is 0.728. The fourth-order valence-electron chi connectivity index (χ4n) is 1.93. The number of benzene rings is 1. The van der Waals surface area contributed by atoms with Crippen molar-refractivity contribution >= 4 is 0 Å². The van der Waals surface area contributed by atoms with E-state index in [1.165, 1.54) is 16.7 Å². The van der Waals surface area contributed by atoms with Crippen LogP contribution in [0.25, 0.3) is 11.1 Å². The Morgan fingerprint density at radius 2 is 2.00 bits per heavy atom. The number of pyridine rings is 1. The maximum atomic E-state index is 4.24.